The lowest BCUT2D eigenvalue weighted by atomic mass is 9.85. The normalized spacial score (nSPS) is 26.2. The predicted molar refractivity (Wildman–Crippen MR) is 137 cm³/mol. The number of benzene rings is 2. The summed E-state index contributed by atoms with van der Waals surface area (Å²) in [5, 5.41) is 3.22. The Balaban J connectivity index is 1.38. The summed E-state index contributed by atoms with van der Waals surface area (Å²) in [6.45, 7) is 10.3. The van der Waals surface area contributed by atoms with Gasteiger partial charge in [0.05, 0.1) is 19.8 Å². The molecule has 6 rings (SSSR count). The van der Waals surface area contributed by atoms with Crippen LogP contribution in [-0.2, 0) is 11.2 Å². The fraction of sp³-hybridized carbons (Fsp3) is 0.552. The molecule has 3 heterocycles. The van der Waals surface area contributed by atoms with Gasteiger partial charge in [0, 0.05) is 12.1 Å². The van der Waals surface area contributed by atoms with E-state index in [2.05, 4.69) is 55.3 Å². The molecule has 1 aliphatic carbocycles. The molecule has 0 spiro atoms. The lowest BCUT2D eigenvalue weighted by molar-refractivity contribution is -0.0349. The molecule has 188 valence electrons. The number of nitrogens with one attached hydrogen (secondary N) is 1. The minimum absolute atomic E-state index is 0.000557. The van der Waals surface area contributed by atoms with Crippen LogP contribution < -0.4 is 14.8 Å². The molecule has 4 aliphatic rings. The van der Waals surface area contributed by atoms with Crippen molar-refractivity contribution in [1.29, 1.82) is 0 Å². The molecule has 0 aromatic heterocycles. The Hall–Kier alpha value is -2.73. The Morgan fingerprint density at radius 1 is 1.17 bits per heavy atom. The molecule has 6 heteroatoms. The van der Waals surface area contributed by atoms with E-state index in [-0.39, 0.29) is 23.7 Å². The van der Waals surface area contributed by atoms with Crippen LogP contribution in [0.1, 0.15) is 57.2 Å². The van der Waals surface area contributed by atoms with Crippen molar-refractivity contribution in [2.75, 3.05) is 33.4 Å². The van der Waals surface area contributed by atoms with Gasteiger partial charge in [0.15, 0.2) is 0 Å². The Morgan fingerprint density at radius 2 is 1.97 bits per heavy atom. The highest BCUT2D eigenvalue weighted by Crippen LogP contribution is 2.49. The zero-order valence-electron chi connectivity index (χ0n) is 21.4. The molecule has 3 aliphatic heterocycles. The first-order chi connectivity index (χ1) is 16.9. The van der Waals surface area contributed by atoms with Crippen LogP contribution in [0.5, 0.6) is 11.5 Å². The molecule has 2 aromatic carbocycles. The van der Waals surface area contributed by atoms with Crippen molar-refractivity contribution >= 4 is 6.09 Å². The molecule has 2 bridgehead atoms. The number of hydrogen-bond donors (Lipinski definition) is 1. The minimum atomic E-state index is -0.307. The largest absolute Gasteiger partial charge is 0.496 e. The number of rotatable bonds is 7. The fourth-order valence-corrected chi connectivity index (χ4v) is 6.05. The van der Waals surface area contributed by atoms with Gasteiger partial charge in [0.2, 0.25) is 0 Å². The lowest BCUT2D eigenvalue weighted by Crippen LogP contribution is -2.53. The van der Waals surface area contributed by atoms with E-state index in [1.807, 2.05) is 12.1 Å². The molecule has 2 atom stereocenters. The van der Waals surface area contributed by atoms with Gasteiger partial charge >= 0.3 is 6.09 Å². The predicted octanol–water partition coefficient (Wildman–Crippen LogP) is 5.59. The summed E-state index contributed by atoms with van der Waals surface area (Å²) in [6.07, 6.45) is 3.79. The number of piperidine rings is 3. The molecule has 2 aromatic rings. The van der Waals surface area contributed by atoms with Crippen LogP contribution in [0.15, 0.2) is 36.4 Å². The molecule has 1 N–H and O–H groups in total. The van der Waals surface area contributed by atoms with Gasteiger partial charge in [-0.1, -0.05) is 32.9 Å². The van der Waals surface area contributed by atoms with Crippen LogP contribution in [0, 0.1) is 11.3 Å². The quantitative estimate of drug-likeness (QED) is 0.562. The first-order valence-corrected chi connectivity index (χ1v) is 13.0. The molecule has 0 saturated carbocycles. The number of ether oxygens (including phenoxy) is 3. The average Bonchev–Trinajstić information content (AvgIpc) is 3.11. The van der Waals surface area contributed by atoms with Crippen LogP contribution in [0.25, 0.3) is 11.1 Å². The summed E-state index contributed by atoms with van der Waals surface area (Å²) in [7, 11) is 1.70. The third-order valence-corrected chi connectivity index (χ3v) is 7.93. The van der Waals surface area contributed by atoms with E-state index in [0.717, 1.165) is 73.5 Å². The summed E-state index contributed by atoms with van der Waals surface area (Å²) in [5.74, 6) is 2.16. The highest BCUT2D eigenvalue weighted by atomic mass is 16.6. The van der Waals surface area contributed by atoms with E-state index in [1.165, 1.54) is 5.56 Å². The van der Waals surface area contributed by atoms with Crippen molar-refractivity contribution in [1.82, 2.24) is 10.2 Å². The van der Waals surface area contributed by atoms with Crippen molar-refractivity contribution in [3.8, 4) is 22.6 Å². The number of hydrogen-bond acceptors (Lipinski definition) is 5. The number of fused-ring (bicyclic) bond motifs is 4. The zero-order chi connectivity index (χ0) is 24.6. The molecule has 35 heavy (non-hydrogen) atoms. The van der Waals surface area contributed by atoms with E-state index in [1.54, 1.807) is 7.11 Å². The number of amides is 1. The highest BCUT2D eigenvalue weighted by molar-refractivity contribution is 5.75. The van der Waals surface area contributed by atoms with E-state index in [0.29, 0.717) is 12.5 Å². The lowest BCUT2D eigenvalue weighted by Gasteiger charge is -2.44. The third kappa shape index (κ3) is 4.86. The van der Waals surface area contributed by atoms with Crippen LogP contribution in [0.4, 0.5) is 4.79 Å². The summed E-state index contributed by atoms with van der Waals surface area (Å²) >= 11 is 0. The molecular weight excluding hydrogens is 440 g/mol. The number of nitrogens with zero attached hydrogens (tertiary/aromatic N) is 1. The first kappa shape index (κ1) is 24.0. The van der Waals surface area contributed by atoms with Crippen molar-refractivity contribution in [2.24, 2.45) is 11.3 Å². The van der Waals surface area contributed by atoms with Gasteiger partial charge in [-0.25, -0.2) is 4.79 Å². The second-order valence-electron chi connectivity index (χ2n) is 11.0. The standard InChI is InChI=1S/C29H38N2O4/c1-5-13-34-22-8-6-7-20(14-22)23-15-21-17-29(2,3)27(24(21)16-25(23)33-4)30-28(32)35-26-18-31-11-9-19(26)10-12-31/h6-8,14-16,19,26-27H,5,9-13,17-18H2,1-4H3,(H,30,32)/t26-,27?/m0/s1. The molecule has 1 amide bonds. The maximum atomic E-state index is 13.0. The molecule has 3 saturated heterocycles. The summed E-state index contributed by atoms with van der Waals surface area (Å²) in [5.41, 5.74) is 4.32. The van der Waals surface area contributed by atoms with Crippen molar-refractivity contribution in [2.45, 2.75) is 58.6 Å². The van der Waals surface area contributed by atoms with E-state index < -0.39 is 0 Å². The highest BCUT2D eigenvalue weighted by Gasteiger charge is 2.42. The Kier molecular flexibility index (Phi) is 6.67. The number of carbonyl (C=O) groups is 1. The Morgan fingerprint density at radius 3 is 2.66 bits per heavy atom. The van der Waals surface area contributed by atoms with Crippen molar-refractivity contribution < 1.29 is 19.0 Å². The van der Waals surface area contributed by atoms with E-state index in [4.69, 9.17) is 14.2 Å². The Bertz CT molecular complexity index is 1070. The van der Waals surface area contributed by atoms with Crippen molar-refractivity contribution in [3.05, 3.63) is 47.5 Å². The van der Waals surface area contributed by atoms with Crippen molar-refractivity contribution in [3.63, 3.8) is 0 Å². The third-order valence-electron chi connectivity index (χ3n) is 7.93. The van der Waals surface area contributed by atoms with E-state index in [9.17, 15) is 4.79 Å². The summed E-state index contributed by atoms with van der Waals surface area (Å²) in [4.78, 5) is 15.4. The summed E-state index contributed by atoms with van der Waals surface area (Å²) in [6, 6.07) is 12.3. The maximum Gasteiger partial charge on any atom is 0.407 e. The van der Waals surface area contributed by atoms with Gasteiger partial charge in [-0.05, 0) is 91.1 Å². The SMILES string of the molecule is CCCOc1cccc(-c2cc3c(cc2OC)C(NC(=O)O[C@H]2CN4CCC2CC4)C(C)(C)C3)c1. The second kappa shape index (κ2) is 9.73. The fourth-order valence-electron chi connectivity index (χ4n) is 6.05. The smallest absolute Gasteiger partial charge is 0.407 e. The average molecular weight is 479 g/mol. The zero-order valence-corrected chi connectivity index (χ0v) is 21.4. The number of methoxy groups -OCH3 is 1. The number of alkyl carbamates (subject to hydrolysis) is 1. The van der Waals surface area contributed by atoms with Crippen LogP contribution in [-0.4, -0.2) is 50.4 Å². The van der Waals surface area contributed by atoms with Gasteiger partial charge in [0.1, 0.15) is 17.6 Å². The molecule has 3 fully saturated rings. The minimum Gasteiger partial charge on any atom is -0.496 e. The monoisotopic (exact) mass is 478 g/mol. The topological polar surface area (TPSA) is 60.0 Å². The van der Waals surface area contributed by atoms with Crippen LogP contribution in [0.2, 0.25) is 0 Å². The van der Waals surface area contributed by atoms with Gasteiger partial charge in [0.25, 0.3) is 0 Å². The molecular formula is C29H38N2O4. The summed E-state index contributed by atoms with van der Waals surface area (Å²) < 4.78 is 17.6. The van der Waals surface area contributed by atoms with Gasteiger partial charge in [-0.2, -0.15) is 0 Å². The molecule has 1 unspecified atom stereocenters. The van der Waals surface area contributed by atoms with Gasteiger partial charge in [-0.3, -0.25) is 4.90 Å². The van der Waals surface area contributed by atoms with Crippen LogP contribution in [0.3, 0.4) is 0 Å². The second-order valence-corrected chi connectivity index (χ2v) is 11.0. The van der Waals surface area contributed by atoms with Crippen LogP contribution >= 0.6 is 0 Å². The van der Waals surface area contributed by atoms with Gasteiger partial charge < -0.3 is 19.5 Å². The van der Waals surface area contributed by atoms with Gasteiger partial charge in [-0.15, -0.1) is 0 Å². The number of carbonyl (C=O) groups excluding carboxylic acids is 1. The Labute approximate surface area is 208 Å². The maximum absolute atomic E-state index is 13.0. The molecule has 6 nitrogen and oxygen atoms in total. The van der Waals surface area contributed by atoms with E-state index >= 15 is 0 Å². The first-order valence-electron chi connectivity index (χ1n) is 13.0. The molecule has 0 radical (unpaired) electrons.